The monoisotopic (exact) mass is 355 g/mol. The van der Waals surface area contributed by atoms with Crippen molar-refractivity contribution >= 4 is 17.4 Å². The van der Waals surface area contributed by atoms with Crippen LogP contribution in [0.15, 0.2) is 48.4 Å². The molecule has 7 heteroatoms. The molecule has 2 saturated heterocycles. The van der Waals surface area contributed by atoms with Crippen LogP contribution in [0.2, 0.25) is 0 Å². The van der Waals surface area contributed by atoms with E-state index in [4.69, 9.17) is 14.2 Å². The molecule has 7 nitrogen and oxygen atoms in total. The summed E-state index contributed by atoms with van der Waals surface area (Å²) >= 11 is 0. The molecular formula is C19H17NO6. The highest BCUT2D eigenvalue weighted by molar-refractivity contribution is 5.91. The molecule has 0 spiro atoms. The molecule has 2 unspecified atom stereocenters. The van der Waals surface area contributed by atoms with Gasteiger partial charge in [-0.15, -0.1) is 0 Å². The van der Waals surface area contributed by atoms with Crippen molar-refractivity contribution in [1.29, 1.82) is 0 Å². The van der Waals surface area contributed by atoms with Crippen molar-refractivity contribution in [2.45, 2.75) is 25.6 Å². The highest BCUT2D eigenvalue weighted by atomic mass is 16.5. The molecule has 2 fully saturated rings. The average molecular weight is 355 g/mol. The number of carbonyl (C=O) groups is 2. The van der Waals surface area contributed by atoms with Gasteiger partial charge < -0.3 is 19.3 Å². The Labute approximate surface area is 149 Å². The second-order valence-electron chi connectivity index (χ2n) is 6.29. The summed E-state index contributed by atoms with van der Waals surface area (Å²) in [5.41, 5.74) is 2.03. The number of aliphatic carboxylic acids is 1. The van der Waals surface area contributed by atoms with Crippen molar-refractivity contribution in [2.24, 2.45) is 0 Å². The molecular weight excluding hydrogens is 338 g/mol. The van der Waals surface area contributed by atoms with Gasteiger partial charge in [0.1, 0.15) is 29.6 Å². The normalized spacial score (nSPS) is 24.9. The highest BCUT2D eigenvalue weighted by Crippen LogP contribution is 2.37. The van der Waals surface area contributed by atoms with E-state index in [0.717, 1.165) is 11.1 Å². The molecule has 0 radical (unpaired) electrons. The van der Waals surface area contributed by atoms with Crippen LogP contribution in [0, 0.1) is 0 Å². The van der Waals surface area contributed by atoms with Gasteiger partial charge in [0.2, 0.25) is 5.91 Å². The summed E-state index contributed by atoms with van der Waals surface area (Å²) in [4.78, 5) is 24.2. The van der Waals surface area contributed by atoms with E-state index in [0.29, 0.717) is 17.3 Å². The maximum atomic E-state index is 11.6. The fourth-order valence-electron chi connectivity index (χ4n) is 3.28. The number of allylic oxidation sites excluding steroid dienone is 2. The van der Waals surface area contributed by atoms with Gasteiger partial charge in [-0.3, -0.25) is 9.69 Å². The minimum Gasteiger partial charge on any atom is -0.489 e. The summed E-state index contributed by atoms with van der Waals surface area (Å²) in [7, 11) is 0. The number of nitrogens with zero attached hydrogens (tertiary/aromatic N) is 1. The SMILES string of the molecule is C=C1C=C(C)c2ccc(OC/C=C3\OC4CC(=O)N4C3C(=O)O)cc2O1. The first-order valence-corrected chi connectivity index (χ1v) is 8.17. The van der Waals surface area contributed by atoms with Crippen LogP contribution in [0.25, 0.3) is 5.57 Å². The van der Waals surface area contributed by atoms with E-state index in [1.807, 2.05) is 25.1 Å². The lowest BCUT2D eigenvalue weighted by Gasteiger charge is -2.33. The van der Waals surface area contributed by atoms with Crippen molar-refractivity contribution in [3.8, 4) is 11.5 Å². The Bertz CT molecular complexity index is 884. The minimum absolute atomic E-state index is 0.114. The molecule has 4 rings (SSSR count). The number of carboxylic acids is 1. The predicted octanol–water partition coefficient (Wildman–Crippen LogP) is 2.30. The largest absolute Gasteiger partial charge is 0.489 e. The fraction of sp³-hybridized carbons (Fsp3) is 0.263. The van der Waals surface area contributed by atoms with Gasteiger partial charge in [0.15, 0.2) is 12.3 Å². The maximum Gasteiger partial charge on any atom is 0.334 e. The number of hydrogen-bond acceptors (Lipinski definition) is 5. The number of carboxylic acid groups (broad SMARTS) is 1. The van der Waals surface area contributed by atoms with Crippen LogP contribution in [-0.4, -0.2) is 40.8 Å². The van der Waals surface area contributed by atoms with E-state index in [1.165, 1.54) is 4.90 Å². The number of β-lactam (4-membered cyclic amide) rings is 1. The quantitative estimate of drug-likeness (QED) is 0.834. The smallest absolute Gasteiger partial charge is 0.334 e. The summed E-state index contributed by atoms with van der Waals surface area (Å²) < 4.78 is 16.8. The number of benzene rings is 1. The van der Waals surface area contributed by atoms with Crippen LogP contribution < -0.4 is 9.47 Å². The molecule has 1 amide bonds. The van der Waals surface area contributed by atoms with Crippen LogP contribution in [0.1, 0.15) is 18.9 Å². The lowest BCUT2D eigenvalue weighted by Crippen LogP contribution is -2.54. The first-order valence-electron chi connectivity index (χ1n) is 8.17. The zero-order valence-corrected chi connectivity index (χ0v) is 14.1. The summed E-state index contributed by atoms with van der Waals surface area (Å²) in [6.45, 7) is 5.90. The van der Waals surface area contributed by atoms with Gasteiger partial charge in [0, 0.05) is 11.6 Å². The molecule has 0 aliphatic carbocycles. The molecule has 134 valence electrons. The summed E-state index contributed by atoms with van der Waals surface area (Å²) in [6.07, 6.45) is 3.14. The Kier molecular flexibility index (Phi) is 3.72. The predicted molar refractivity (Wildman–Crippen MR) is 91.2 cm³/mol. The number of rotatable bonds is 4. The van der Waals surface area contributed by atoms with Gasteiger partial charge in [0.05, 0.1) is 6.42 Å². The lowest BCUT2D eigenvalue weighted by atomic mass is 10.0. The standard InChI is InChI=1S/C19H17NO6/c1-10-7-11(2)25-15-8-12(3-4-13(10)15)24-6-5-14-18(19(22)23)20-16(21)9-17(20)26-14/h3-5,7-8,17-18H,2,6,9H2,1H3,(H,22,23)/b14-5-. The van der Waals surface area contributed by atoms with Crippen molar-refractivity contribution in [2.75, 3.05) is 6.61 Å². The Hall–Kier alpha value is -3.22. The molecule has 0 aromatic heterocycles. The number of fused-ring (bicyclic) bond motifs is 2. The molecule has 1 aromatic rings. The molecule has 3 aliphatic heterocycles. The van der Waals surface area contributed by atoms with Gasteiger partial charge in [-0.05, 0) is 36.8 Å². The molecule has 0 bridgehead atoms. The van der Waals surface area contributed by atoms with E-state index in [-0.39, 0.29) is 24.7 Å². The number of carbonyl (C=O) groups excluding carboxylic acids is 1. The van der Waals surface area contributed by atoms with Gasteiger partial charge in [-0.25, -0.2) is 4.79 Å². The molecule has 2 atom stereocenters. The topological polar surface area (TPSA) is 85.3 Å². The van der Waals surface area contributed by atoms with E-state index < -0.39 is 18.2 Å². The zero-order chi connectivity index (χ0) is 18.4. The van der Waals surface area contributed by atoms with E-state index in [1.54, 1.807) is 12.1 Å². The molecule has 3 heterocycles. The summed E-state index contributed by atoms with van der Waals surface area (Å²) in [6, 6.07) is 4.39. The molecule has 1 N–H and O–H groups in total. The lowest BCUT2D eigenvalue weighted by molar-refractivity contribution is -0.163. The van der Waals surface area contributed by atoms with Crippen LogP contribution in [-0.2, 0) is 14.3 Å². The van der Waals surface area contributed by atoms with E-state index >= 15 is 0 Å². The van der Waals surface area contributed by atoms with Gasteiger partial charge >= 0.3 is 5.97 Å². The number of hydrogen-bond donors (Lipinski definition) is 1. The first-order chi connectivity index (χ1) is 12.4. The molecule has 26 heavy (non-hydrogen) atoms. The Morgan fingerprint density at radius 2 is 2.31 bits per heavy atom. The summed E-state index contributed by atoms with van der Waals surface area (Å²) in [5, 5.41) is 9.34. The Balaban J connectivity index is 1.47. The third-order valence-electron chi connectivity index (χ3n) is 4.53. The van der Waals surface area contributed by atoms with Crippen molar-refractivity contribution in [3.05, 3.63) is 54.0 Å². The van der Waals surface area contributed by atoms with E-state index in [2.05, 4.69) is 6.58 Å². The third-order valence-corrected chi connectivity index (χ3v) is 4.53. The van der Waals surface area contributed by atoms with Crippen LogP contribution in [0.5, 0.6) is 11.5 Å². The minimum atomic E-state index is -1.12. The maximum absolute atomic E-state index is 11.6. The van der Waals surface area contributed by atoms with Crippen LogP contribution >= 0.6 is 0 Å². The second-order valence-corrected chi connectivity index (χ2v) is 6.29. The zero-order valence-electron chi connectivity index (χ0n) is 14.1. The van der Waals surface area contributed by atoms with Gasteiger partial charge in [-0.1, -0.05) is 6.58 Å². The molecule has 1 aromatic carbocycles. The van der Waals surface area contributed by atoms with Crippen LogP contribution in [0.3, 0.4) is 0 Å². The third kappa shape index (κ3) is 2.61. The van der Waals surface area contributed by atoms with Crippen molar-refractivity contribution in [3.63, 3.8) is 0 Å². The van der Waals surface area contributed by atoms with Gasteiger partial charge in [-0.2, -0.15) is 0 Å². The number of amides is 1. The van der Waals surface area contributed by atoms with Gasteiger partial charge in [0.25, 0.3) is 0 Å². The summed E-state index contributed by atoms with van der Waals surface area (Å²) in [5.74, 6) is 0.696. The van der Waals surface area contributed by atoms with E-state index in [9.17, 15) is 14.7 Å². The molecule has 3 aliphatic rings. The average Bonchev–Trinajstić information content (AvgIpc) is 2.87. The number of ether oxygens (including phenoxy) is 3. The first kappa shape index (κ1) is 16.3. The van der Waals surface area contributed by atoms with Crippen molar-refractivity contribution < 1.29 is 28.9 Å². The molecule has 0 saturated carbocycles. The second kappa shape index (κ2) is 5.94. The Morgan fingerprint density at radius 1 is 1.50 bits per heavy atom. The fourth-order valence-corrected chi connectivity index (χ4v) is 3.28. The van der Waals surface area contributed by atoms with Crippen LogP contribution in [0.4, 0.5) is 0 Å². The Morgan fingerprint density at radius 3 is 3.04 bits per heavy atom. The van der Waals surface area contributed by atoms with Crippen molar-refractivity contribution in [1.82, 2.24) is 4.90 Å². The highest BCUT2D eigenvalue weighted by Gasteiger charge is 2.53.